The zero-order chi connectivity index (χ0) is 11.8. The number of hydrazine groups is 1. The molecule has 0 radical (unpaired) electrons. The summed E-state index contributed by atoms with van der Waals surface area (Å²) < 4.78 is 11.6. The van der Waals surface area contributed by atoms with Gasteiger partial charge >= 0.3 is 0 Å². The third-order valence-corrected chi connectivity index (χ3v) is 1.80. The fourth-order valence-corrected chi connectivity index (χ4v) is 0.988. The molecule has 3 N–H and O–H groups in total. The Labute approximate surface area is 92.7 Å². The van der Waals surface area contributed by atoms with Gasteiger partial charge < -0.3 is 9.47 Å². The Balaban J connectivity index is 2.27. The number of aromatic nitrogens is 3. The maximum atomic E-state index is 11.0. The first-order chi connectivity index (χ1) is 7.77. The largest absolute Gasteiger partial charge is 0.382 e. The van der Waals surface area contributed by atoms with Crippen molar-refractivity contribution in [2.75, 3.05) is 26.9 Å². The van der Waals surface area contributed by atoms with Gasteiger partial charge in [0, 0.05) is 7.11 Å². The zero-order valence-electron chi connectivity index (χ0n) is 9.05. The Hall–Kier alpha value is -1.51. The standard InChI is InChI=1S/C8H15N5O3/c1-15-4-5-16-3-2-13-6-7(11-12-13)8(14)10-9/h6H,2-5,9H2,1H3,(H,10,14). The van der Waals surface area contributed by atoms with Crippen LogP contribution in [0.2, 0.25) is 0 Å². The van der Waals surface area contributed by atoms with Crippen molar-refractivity contribution in [3.63, 3.8) is 0 Å². The van der Waals surface area contributed by atoms with Gasteiger partial charge in [-0.05, 0) is 0 Å². The lowest BCUT2D eigenvalue weighted by Crippen LogP contribution is -2.30. The fraction of sp³-hybridized carbons (Fsp3) is 0.625. The summed E-state index contributed by atoms with van der Waals surface area (Å²) in [6, 6.07) is 0. The third-order valence-electron chi connectivity index (χ3n) is 1.80. The van der Waals surface area contributed by atoms with Crippen LogP contribution in [0.1, 0.15) is 10.5 Å². The van der Waals surface area contributed by atoms with Crippen LogP contribution in [-0.4, -0.2) is 47.8 Å². The molecular formula is C8H15N5O3. The minimum atomic E-state index is -0.466. The van der Waals surface area contributed by atoms with E-state index in [4.69, 9.17) is 15.3 Å². The van der Waals surface area contributed by atoms with Gasteiger partial charge in [0.05, 0.1) is 32.6 Å². The number of ether oxygens (including phenoxy) is 2. The van der Waals surface area contributed by atoms with Gasteiger partial charge in [-0.15, -0.1) is 5.10 Å². The number of carbonyl (C=O) groups excluding carboxylic acids is 1. The molecule has 0 aliphatic heterocycles. The molecule has 1 amide bonds. The molecule has 8 nitrogen and oxygen atoms in total. The fourth-order valence-electron chi connectivity index (χ4n) is 0.988. The lowest BCUT2D eigenvalue weighted by molar-refractivity contribution is 0.0652. The minimum Gasteiger partial charge on any atom is -0.382 e. The third kappa shape index (κ3) is 3.93. The van der Waals surface area contributed by atoms with E-state index in [0.717, 1.165) is 0 Å². The molecule has 90 valence electrons. The second-order valence-electron chi connectivity index (χ2n) is 2.95. The van der Waals surface area contributed by atoms with E-state index >= 15 is 0 Å². The molecule has 16 heavy (non-hydrogen) atoms. The predicted molar refractivity (Wildman–Crippen MR) is 54.4 cm³/mol. The van der Waals surface area contributed by atoms with Gasteiger partial charge in [-0.25, -0.2) is 10.5 Å². The van der Waals surface area contributed by atoms with Crippen molar-refractivity contribution >= 4 is 5.91 Å². The second-order valence-corrected chi connectivity index (χ2v) is 2.95. The Morgan fingerprint density at radius 2 is 2.38 bits per heavy atom. The van der Waals surface area contributed by atoms with Crippen LogP contribution in [0.3, 0.4) is 0 Å². The molecule has 0 aliphatic rings. The van der Waals surface area contributed by atoms with Crippen molar-refractivity contribution in [3.05, 3.63) is 11.9 Å². The highest BCUT2D eigenvalue weighted by Crippen LogP contribution is 1.92. The molecule has 1 rings (SSSR count). The summed E-state index contributed by atoms with van der Waals surface area (Å²) >= 11 is 0. The van der Waals surface area contributed by atoms with Crippen molar-refractivity contribution in [1.82, 2.24) is 20.4 Å². The molecule has 0 aromatic carbocycles. The molecule has 0 aliphatic carbocycles. The number of nitrogens with one attached hydrogen (secondary N) is 1. The highest BCUT2D eigenvalue weighted by molar-refractivity contribution is 5.91. The molecule has 1 heterocycles. The Morgan fingerprint density at radius 3 is 3.06 bits per heavy atom. The molecule has 0 bridgehead atoms. The molecule has 0 fully saturated rings. The number of nitrogen functional groups attached to an aromatic ring is 1. The maximum absolute atomic E-state index is 11.0. The molecule has 0 spiro atoms. The topological polar surface area (TPSA) is 104 Å². The average molecular weight is 229 g/mol. The van der Waals surface area contributed by atoms with Gasteiger partial charge in [0.2, 0.25) is 0 Å². The van der Waals surface area contributed by atoms with Crippen LogP contribution in [-0.2, 0) is 16.0 Å². The Kier molecular flexibility index (Phi) is 5.40. The van der Waals surface area contributed by atoms with E-state index in [1.54, 1.807) is 7.11 Å². The Bertz CT molecular complexity index is 327. The SMILES string of the molecule is COCCOCCn1cc(C(=O)NN)nn1. The van der Waals surface area contributed by atoms with Gasteiger partial charge in [0.1, 0.15) is 0 Å². The van der Waals surface area contributed by atoms with Crippen molar-refractivity contribution in [2.24, 2.45) is 5.84 Å². The number of nitrogens with zero attached hydrogens (tertiary/aromatic N) is 3. The summed E-state index contributed by atoms with van der Waals surface area (Å²) in [5.74, 6) is 4.49. The summed E-state index contributed by atoms with van der Waals surface area (Å²) in [5.41, 5.74) is 2.16. The van der Waals surface area contributed by atoms with Crippen LogP contribution in [0.25, 0.3) is 0 Å². The first-order valence-electron chi connectivity index (χ1n) is 4.75. The Morgan fingerprint density at radius 1 is 1.56 bits per heavy atom. The summed E-state index contributed by atoms with van der Waals surface area (Å²) in [4.78, 5) is 11.0. The number of methoxy groups -OCH3 is 1. The molecular weight excluding hydrogens is 214 g/mol. The zero-order valence-corrected chi connectivity index (χ0v) is 9.05. The van der Waals surface area contributed by atoms with E-state index in [-0.39, 0.29) is 5.69 Å². The van der Waals surface area contributed by atoms with E-state index in [2.05, 4.69) is 10.3 Å². The lowest BCUT2D eigenvalue weighted by atomic mass is 10.4. The quantitative estimate of drug-likeness (QED) is 0.256. The van der Waals surface area contributed by atoms with E-state index in [0.29, 0.717) is 26.4 Å². The number of hydrogen-bond acceptors (Lipinski definition) is 6. The number of rotatable bonds is 7. The van der Waals surface area contributed by atoms with Crippen LogP contribution in [0.5, 0.6) is 0 Å². The molecule has 0 saturated carbocycles. The van der Waals surface area contributed by atoms with Crippen molar-refractivity contribution in [1.29, 1.82) is 0 Å². The van der Waals surface area contributed by atoms with Gasteiger partial charge in [0.25, 0.3) is 5.91 Å². The normalized spacial score (nSPS) is 10.4. The predicted octanol–water partition coefficient (Wildman–Crippen LogP) is -1.46. The van der Waals surface area contributed by atoms with Crippen LogP contribution in [0.15, 0.2) is 6.20 Å². The highest BCUT2D eigenvalue weighted by atomic mass is 16.5. The summed E-state index contributed by atoms with van der Waals surface area (Å²) in [6.07, 6.45) is 1.50. The van der Waals surface area contributed by atoms with E-state index in [1.165, 1.54) is 10.9 Å². The molecule has 8 heteroatoms. The number of amides is 1. The van der Waals surface area contributed by atoms with Crippen LogP contribution in [0.4, 0.5) is 0 Å². The maximum Gasteiger partial charge on any atom is 0.287 e. The van der Waals surface area contributed by atoms with Crippen molar-refractivity contribution < 1.29 is 14.3 Å². The summed E-state index contributed by atoms with van der Waals surface area (Å²) in [7, 11) is 1.61. The molecule has 0 unspecified atom stereocenters. The van der Waals surface area contributed by atoms with Gasteiger partial charge in [-0.2, -0.15) is 0 Å². The van der Waals surface area contributed by atoms with E-state index < -0.39 is 5.91 Å². The van der Waals surface area contributed by atoms with E-state index in [1.807, 2.05) is 5.43 Å². The first kappa shape index (κ1) is 12.6. The monoisotopic (exact) mass is 229 g/mol. The number of hydrogen-bond donors (Lipinski definition) is 2. The second kappa shape index (κ2) is 6.88. The number of carbonyl (C=O) groups is 1. The molecule has 0 saturated heterocycles. The number of nitrogens with two attached hydrogens (primary N) is 1. The van der Waals surface area contributed by atoms with Gasteiger partial charge in [-0.3, -0.25) is 10.2 Å². The first-order valence-corrected chi connectivity index (χ1v) is 4.75. The van der Waals surface area contributed by atoms with E-state index in [9.17, 15) is 4.79 Å². The molecule has 1 aromatic heterocycles. The average Bonchev–Trinajstić information content (AvgIpc) is 2.76. The smallest absolute Gasteiger partial charge is 0.287 e. The summed E-state index contributed by atoms with van der Waals surface area (Å²) in [5, 5.41) is 7.38. The summed E-state index contributed by atoms with van der Waals surface area (Å²) in [6.45, 7) is 2.09. The van der Waals surface area contributed by atoms with Crippen LogP contribution >= 0.6 is 0 Å². The molecule has 0 atom stereocenters. The van der Waals surface area contributed by atoms with Crippen molar-refractivity contribution in [3.8, 4) is 0 Å². The van der Waals surface area contributed by atoms with Crippen molar-refractivity contribution in [2.45, 2.75) is 6.54 Å². The highest BCUT2D eigenvalue weighted by Gasteiger charge is 2.08. The lowest BCUT2D eigenvalue weighted by Gasteiger charge is -2.02. The van der Waals surface area contributed by atoms with Gasteiger partial charge in [-0.1, -0.05) is 5.21 Å². The van der Waals surface area contributed by atoms with Crippen LogP contribution in [0, 0.1) is 0 Å². The molecule has 1 aromatic rings. The van der Waals surface area contributed by atoms with Gasteiger partial charge in [0.15, 0.2) is 5.69 Å². The minimum absolute atomic E-state index is 0.180. The van der Waals surface area contributed by atoms with Crippen LogP contribution < -0.4 is 11.3 Å².